The highest BCUT2D eigenvalue weighted by Crippen LogP contribution is 2.26. The van der Waals surface area contributed by atoms with E-state index < -0.39 is 0 Å². The lowest BCUT2D eigenvalue weighted by Crippen LogP contribution is -2.17. The molecule has 3 aromatic rings. The zero-order valence-electron chi connectivity index (χ0n) is 16.7. The summed E-state index contributed by atoms with van der Waals surface area (Å²) in [4.78, 5) is 15.2. The summed E-state index contributed by atoms with van der Waals surface area (Å²) >= 11 is 0. The predicted octanol–water partition coefficient (Wildman–Crippen LogP) is 1.94. The van der Waals surface area contributed by atoms with Gasteiger partial charge < -0.3 is 19.4 Å². The van der Waals surface area contributed by atoms with Crippen LogP contribution in [0.4, 0.5) is 0 Å². The van der Waals surface area contributed by atoms with Gasteiger partial charge in [-0.25, -0.2) is 0 Å². The van der Waals surface area contributed by atoms with Crippen LogP contribution < -0.4 is 4.74 Å². The Morgan fingerprint density at radius 3 is 2.84 bits per heavy atom. The SMILES string of the molecule is COC/C(O)=C/C(=N)c1nnc2c3ccccc3c(OCC3=NCC(C=O)C=C3)nn12. The number of dihydropyridines is 1. The molecule has 1 aromatic carbocycles. The van der Waals surface area contributed by atoms with Crippen molar-refractivity contribution in [2.45, 2.75) is 0 Å². The minimum atomic E-state index is -0.202. The summed E-state index contributed by atoms with van der Waals surface area (Å²) in [5, 5.41) is 32.3. The van der Waals surface area contributed by atoms with Crippen molar-refractivity contribution in [3.63, 3.8) is 0 Å². The molecule has 1 atom stereocenters. The number of aliphatic hydroxyl groups excluding tert-OH is 1. The molecular weight excluding hydrogens is 400 g/mol. The highest BCUT2D eigenvalue weighted by Gasteiger charge is 2.18. The fraction of sp³-hybridized carbons (Fsp3) is 0.238. The van der Waals surface area contributed by atoms with E-state index in [1.165, 1.54) is 17.7 Å². The number of methoxy groups -OCH3 is 1. The molecule has 2 N–H and O–H groups in total. The molecule has 158 valence electrons. The third kappa shape index (κ3) is 4.19. The summed E-state index contributed by atoms with van der Waals surface area (Å²) in [5.74, 6) is 0.164. The van der Waals surface area contributed by atoms with Crippen molar-refractivity contribution in [2.75, 3.05) is 26.9 Å². The minimum absolute atomic E-state index is 0.0234. The first kappa shape index (κ1) is 20.4. The van der Waals surface area contributed by atoms with Crippen molar-refractivity contribution < 1.29 is 19.4 Å². The summed E-state index contributed by atoms with van der Waals surface area (Å²) in [7, 11) is 1.45. The van der Waals surface area contributed by atoms with E-state index in [9.17, 15) is 9.90 Å². The van der Waals surface area contributed by atoms with Crippen LogP contribution >= 0.6 is 0 Å². The van der Waals surface area contributed by atoms with Crippen LogP contribution in [-0.2, 0) is 9.53 Å². The van der Waals surface area contributed by atoms with Crippen molar-refractivity contribution in [1.29, 1.82) is 5.41 Å². The second kappa shape index (κ2) is 8.84. The molecule has 0 saturated carbocycles. The first-order chi connectivity index (χ1) is 15.1. The van der Waals surface area contributed by atoms with Gasteiger partial charge in [0.15, 0.2) is 5.65 Å². The van der Waals surface area contributed by atoms with Crippen molar-refractivity contribution in [3.8, 4) is 5.88 Å². The van der Waals surface area contributed by atoms with Gasteiger partial charge in [0.1, 0.15) is 31.0 Å². The van der Waals surface area contributed by atoms with E-state index in [0.717, 1.165) is 17.1 Å². The summed E-state index contributed by atoms with van der Waals surface area (Å²) in [6, 6.07) is 7.46. The third-order valence-electron chi connectivity index (χ3n) is 4.65. The third-order valence-corrected chi connectivity index (χ3v) is 4.65. The minimum Gasteiger partial charge on any atom is -0.510 e. The fourth-order valence-corrected chi connectivity index (χ4v) is 3.14. The Balaban J connectivity index is 1.70. The Morgan fingerprint density at radius 2 is 2.13 bits per heavy atom. The van der Waals surface area contributed by atoms with E-state index in [0.29, 0.717) is 23.8 Å². The summed E-state index contributed by atoms with van der Waals surface area (Å²) in [5.41, 5.74) is 1.09. The number of hydrogen-bond donors (Lipinski definition) is 2. The van der Waals surface area contributed by atoms with E-state index in [2.05, 4.69) is 20.3 Å². The van der Waals surface area contributed by atoms with E-state index in [1.807, 2.05) is 24.3 Å². The van der Waals surface area contributed by atoms with Gasteiger partial charge in [0.05, 0.1) is 18.2 Å². The van der Waals surface area contributed by atoms with Gasteiger partial charge in [0.25, 0.3) is 0 Å². The molecule has 0 saturated heterocycles. The van der Waals surface area contributed by atoms with Crippen molar-refractivity contribution >= 4 is 34.1 Å². The molecule has 0 amide bonds. The van der Waals surface area contributed by atoms with Crippen molar-refractivity contribution in [2.24, 2.45) is 10.9 Å². The number of nitrogens with one attached hydrogen (secondary N) is 1. The molecule has 31 heavy (non-hydrogen) atoms. The van der Waals surface area contributed by atoms with E-state index >= 15 is 0 Å². The summed E-state index contributed by atoms with van der Waals surface area (Å²) < 4.78 is 12.2. The number of ether oxygens (including phenoxy) is 2. The van der Waals surface area contributed by atoms with Gasteiger partial charge in [-0.3, -0.25) is 10.4 Å². The molecule has 1 unspecified atom stereocenters. The standard InChI is InChI=1S/C21H20N6O4/c1-30-12-15(29)8-18(22)20-25-24-19-16-4-2-3-5-17(16)21(26-27(19)20)31-11-14-7-6-13(10-28)9-23-14/h2-8,10,13,22,29H,9,11-12H2,1H3/b15-8-,22-18?. The van der Waals surface area contributed by atoms with Crippen LogP contribution in [0.3, 0.4) is 0 Å². The average Bonchev–Trinajstić information content (AvgIpc) is 3.22. The molecule has 10 heteroatoms. The second-order valence-electron chi connectivity index (χ2n) is 6.87. The number of fused-ring (bicyclic) bond motifs is 3. The maximum Gasteiger partial charge on any atom is 0.240 e. The van der Waals surface area contributed by atoms with Gasteiger partial charge in [-0.2, -0.15) is 4.52 Å². The van der Waals surface area contributed by atoms with Gasteiger partial charge in [-0.05, 0) is 12.1 Å². The number of nitrogens with zero attached hydrogens (tertiary/aromatic N) is 5. The van der Waals surface area contributed by atoms with E-state index in [4.69, 9.17) is 14.9 Å². The average molecular weight is 420 g/mol. The van der Waals surface area contributed by atoms with Crippen LogP contribution in [0.15, 0.2) is 53.2 Å². The number of rotatable bonds is 8. The van der Waals surface area contributed by atoms with Crippen LogP contribution in [-0.4, -0.2) is 69.5 Å². The van der Waals surface area contributed by atoms with Gasteiger partial charge in [-0.1, -0.05) is 24.3 Å². The second-order valence-corrected chi connectivity index (χ2v) is 6.87. The number of aldehydes is 1. The van der Waals surface area contributed by atoms with Crippen molar-refractivity contribution in [3.05, 3.63) is 54.1 Å². The van der Waals surface area contributed by atoms with Crippen LogP contribution in [0.1, 0.15) is 5.82 Å². The maximum atomic E-state index is 10.9. The normalized spacial score (nSPS) is 16.5. The number of aromatic nitrogens is 4. The predicted molar refractivity (Wildman–Crippen MR) is 114 cm³/mol. The van der Waals surface area contributed by atoms with Crippen molar-refractivity contribution in [1.82, 2.24) is 19.8 Å². The fourth-order valence-electron chi connectivity index (χ4n) is 3.14. The summed E-state index contributed by atoms with van der Waals surface area (Å²) in [6.07, 6.45) is 5.67. The van der Waals surface area contributed by atoms with Crippen LogP contribution in [0, 0.1) is 11.3 Å². The first-order valence-electron chi connectivity index (χ1n) is 9.52. The molecule has 0 spiro atoms. The Labute approximate surface area is 177 Å². The zero-order valence-corrected chi connectivity index (χ0v) is 16.7. The molecule has 0 aliphatic carbocycles. The number of benzene rings is 1. The molecule has 1 aliphatic rings. The Bertz CT molecular complexity index is 1240. The molecule has 10 nitrogen and oxygen atoms in total. The van der Waals surface area contributed by atoms with Gasteiger partial charge >= 0.3 is 0 Å². The summed E-state index contributed by atoms with van der Waals surface area (Å²) in [6.45, 7) is 0.550. The molecule has 0 radical (unpaired) electrons. The lowest BCUT2D eigenvalue weighted by atomic mass is 10.1. The van der Waals surface area contributed by atoms with Gasteiger partial charge in [0.2, 0.25) is 11.7 Å². The van der Waals surface area contributed by atoms with Crippen LogP contribution in [0.5, 0.6) is 5.88 Å². The number of allylic oxidation sites excluding steroid dienone is 1. The van der Waals surface area contributed by atoms with Crippen LogP contribution in [0.2, 0.25) is 0 Å². The largest absolute Gasteiger partial charge is 0.510 e. The highest BCUT2D eigenvalue weighted by atomic mass is 16.5. The lowest BCUT2D eigenvalue weighted by Gasteiger charge is -2.13. The number of hydrogen-bond acceptors (Lipinski definition) is 9. The molecule has 0 fully saturated rings. The smallest absolute Gasteiger partial charge is 0.240 e. The van der Waals surface area contributed by atoms with Gasteiger partial charge in [0, 0.05) is 24.0 Å². The van der Waals surface area contributed by atoms with E-state index in [-0.39, 0.29) is 36.4 Å². The lowest BCUT2D eigenvalue weighted by molar-refractivity contribution is -0.109. The maximum absolute atomic E-state index is 10.9. The highest BCUT2D eigenvalue weighted by molar-refractivity contribution is 6.06. The molecular formula is C21H20N6O4. The quantitative estimate of drug-likeness (QED) is 0.323. The topological polar surface area (TPSA) is 135 Å². The number of aliphatic hydroxyl groups is 1. The monoisotopic (exact) mass is 420 g/mol. The van der Waals surface area contributed by atoms with Gasteiger partial charge in [-0.15, -0.1) is 15.3 Å². The molecule has 4 rings (SSSR count). The Kier molecular flexibility index (Phi) is 5.80. The number of aliphatic imine (C=N–C) groups is 1. The number of carbonyl (C=O) groups is 1. The first-order valence-corrected chi connectivity index (χ1v) is 9.52. The molecule has 1 aliphatic heterocycles. The Hall–Kier alpha value is -3.92. The zero-order chi connectivity index (χ0) is 21.8. The molecule has 3 heterocycles. The Morgan fingerprint density at radius 1 is 1.32 bits per heavy atom. The number of carbonyl (C=O) groups excluding carboxylic acids is 1. The molecule has 2 aromatic heterocycles. The van der Waals surface area contributed by atoms with Crippen LogP contribution in [0.25, 0.3) is 16.4 Å². The molecule has 0 bridgehead atoms. The van der Waals surface area contributed by atoms with E-state index in [1.54, 1.807) is 12.2 Å².